The molecule has 2 rings (SSSR count). The molecule has 0 bridgehead atoms. The molecule has 1 aliphatic rings. The van der Waals surface area contributed by atoms with Crippen molar-refractivity contribution in [2.45, 2.75) is 38.8 Å². The molecule has 0 aliphatic carbocycles. The second-order valence-electron chi connectivity index (χ2n) is 5.32. The summed E-state index contributed by atoms with van der Waals surface area (Å²) in [5, 5.41) is 3.49. The fourth-order valence-corrected chi connectivity index (χ4v) is 3.59. The monoisotopic (exact) mass is 316 g/mol. The molecule has 1 saturated heterocycles. The average Bonchev–Trinajstić information content (AvgIpc) is 2.87. The quantitative estimate of drug-likeness (QED) is 0.744. The lowest BCUT2D eigenvalue weighted by Crippen LogP contribution is -2.42. The summed E-state index contributed by atoms with van der Waals surface area (Å²) in [7, 11) is 0. The van der Waals surface area contributed by atoms with E-state index in [0.29, 0.717) is 6.10 Å². The first-order valence-corrected chi connectivity index (χ1v) is 8.76. The molecule has 3 nitrogen and oxygen atoms in total. The maximum Gasteiger partial charge on any atom is 0.0931 e. The Kier molecular flexibility index (Phi) is 7.31. The number of hydrogen-bond acceptors (Lipinski definition) is 4. The molecule has 20 heavy (non-hydrogen) atoms. The summed E-state index contributed by atoms with van der Waals surface area (Å²) in [5.74, 6) is 0. The molecule has 1 atom stereocenters. The van der Waals surface area contributed by atoms with Crippen molar-refractivity contribution in [1.82, 2.24) is 10.2 Å². The Morgan fingerprint density at radius 2 is 2.40 bits per heavy atom. The lowest BCUT2D eigenvalue weighted by molar-refractivity contribution is 0.000356. The highest BCUT2D eigenvalue weighted by molar-refractivity contribution is 7.16. The zero-order valence-electron chi connectivity index (χ0n) is 12.2. The number of nitrogens with zero attached hydrogens (tertiary/aromatic N) is 1. The van der Waals surface area contributed by atoms with Crippen LogP contribution < -0.4 is 5.32 Å². The van der Waals surface area contributed by atoms with E-state index in [4.69, 9.17) is 16.3 Å². The van der Waals surface area contributed by atoms with Gasteiger partial charge < -0.3 is 10.1 Å². The first kappa shape index (κ1) is 16.2. The van der Waals surface area contributed by atoms with Crippen molar-refractivity contribution in [3.63, 3.8) is 0 Å². The van der Waals surface area contributed by atoms with Crippen molar-refractivity contribution in [1.29, 1.82) is 0 Å². The molecule has 1 fully saturated rings. The number of halogens is 1. The van der Waals surface area contributed by atoms with Crippen LogP contribution in [0.5, 0.6) is 0 Å². The standard InChI is InChI=1S/C15H25ClN2OS/c1-2-10-19-13-4-3-8-18(12-13)9-7-17-11-14-5-6-15(16)20-14/h5-6,13,17H,2-4,7-12H2,1H3. The van der Waals surface area contributed by atoms with E-state index >= 15 is 0 Å². The van der Waals surface area contributed by atoms with Crippen LogP contribution in [0.15, 0.2) is 12.1 Å². The summed E-state index contributed by atoms with van der Waals surface area (Å²) in [6.45, 7) is 8.41. The third-order valence-corrected chi connectivity index (χ3v) is 4.78. The van der Waals surface area contributed by atoms with Gasteiger partial charge in [0.05, 0.1) is 10.4 Å². The van der Waals surface area contributed by atoms with Crippen LogP contribution in [0, 0.1) is 0 Å². The van der Waals surface area contributed by atoms with Crippen LogP contribution in [0.3, 0.4) is 0 Å². The molecule has 0 saturated carbocycles. The minimum Gasteiger partial charge on any atom is -0.377 e. The van der Waals surface area contributed by atoms with Gasteiger partial charge in [0.1, 0.15) is 0 Å². The van der Waals surface area contributed by atoms with Crippen LogP contribution in [0.2, 0.25) is 4.34 Å². The maximum absolute atomic E-state index is 5.92. The van der Waals surface area contributed by atoms with Gasteiger partial charge >= 0.3 is 0 Å². The highest BCUT2D eigenvalue weighted by Gasteiger charge is 2.19. The molecular formula is C15H25ClN2OS. The predicted molar refractivity (Wildman–Crippen MR) is 86.7 cm³/mol. The molecule has 0 radical (unpaired) electrons. The maximum atomic E-state index is 5.92. The SMILES string of the molecule is CCCOC1CCCN(CCNCc2ccc(Cl)s2)C1. The van der Waals surface area contributed by atoms with Crippen LogP contribution >= 0.6 is 22.9 Å². The van der Waals surface area contributed by atoms with Crippen molar-refractivity contribution in [2.75, 3.05) is 32.8 Å². The number of piperidine rings is 1. The molecule has 0 aromatic carbocycles. The molecule has 5 heteroatoms. The normalized spacial score (nSPS) is 20.4. The van der Waals surface area contributed by atoms with Gasteiger partial charge in [0.2, 0.25) is 0 Å². The van der Waals surface area contributed by atoms with E-state index < -0.39 is 0 Å². The van der Waals surface area contributed by atoms with Gasteiger partial charge in [-0.15, -0.1) is 11.3 Å². The van der Waals surface area contributed by atoms with E-state index in [1.807, 2.05) is 6.07 Å². The van der Waals surface area contributed by atoms with Crippen molar-refractivity contribution in [3.05, 3.63) is 21.3 Å². The molecule has 1 aromatic rings. The second-order valence-corrected chi connectivity index (χ2v) is 7.12. The molecule has 1 N–H and O–H groups in total. The fourth-order valence-electron chi connectivity index (χ4n) is 2.53. The van der Waals surface area contributed by atoms with Gasteiger partial charge in [0, 0.05) is 37.7 Å². The van der Waals surface area contributed by atoms with E-state index in [-0.39, 0.29) is 0 Å². The van der Waals surface area contributed by atoms with Crippen LogP contribution in [-0.4, -0.2) is 43.8 Å². The Hall–Kier alpha value is -0.130. The van der Waals surface area contributed by atoms with E-state index in [1.165, 1.54) is 24.3 Å². The third kappa shape index (κ3) is 5.70. The highest BCUT2D eigenvalue weighted by Crippen LogP contribution is 2.20. The molecule has 1 unspecified atom stereocenters. The Bertz CT molecular complexity index is 386. The number of nitrogens with one attached hydrogen (secondary N) is 1. The van der Waals surface area contributed by atoms with Gasteiger partial charge in [-0.1, -0.05) is 18.5 Å². The van der Waals surface area contributed by atoms with Crippen molar-refractivity contribution < 1.29 is 4.74 Å². The summed E-state index contributed by atoms with van der Waals surface area (Å²) in [6.07, 6.45) is 4.04. The number of thiophene rings is 1. The smallest absolute Gasteiger partial charge is 0.0931 e. The van der Waals surface area contributed by atoms with E-state index in [2.05, 4.69) is 23.2 Å². The predicted octanol–water partition coefficient (Wildman–Crippen LogP) is 3.38. The van der Waals surface area contributed by atoms with Gasteiger partial charge in [-0.05, 0) is 37.9 Å². The molecule has 2 heterocycles. The first-order chi connectivity index (χ1) is 9.78. The largest absolute Gasteiger partial charge is 0.377 e. The molecule has 114 valence electrons. The minimum absolute atomic E-state index is 0.444. The van der Waals surface area contributed by atoms with Crippen LogP contribution in [0.25, 0.3) is 0 Å². The van der Waals surface area contributed by atoms with Crippen LogP contribution in [0.4, 0.5) is 0 Å². The van der Waals surface area contributed by atoms with E-state index in [9.17, 15) is 0 Å². The summed E-state index contributed by atoms with van der Waals surface area (Å²) < 4.78 is 6.73. The minimum atomic E-state index is 0.444. The Morgan fingerprint density at radius 1 is 1.50 bits per heavy atom. The lowest BCUT2D eigenvalue weighted by atomic mass is 10.1. The zero-order valence-corrected chi connectivity index (χ0v) is 13.8. The fraction of sp³-hybridized carbons (Fsp3) is 0.733. The van der Waals surface area contributed by atoms with E-state index in [0.717, 1.165) is 43.5 Å². The first-order valence-electron chi connectivity index (χ1n) is 7.57. The number of rotatable bonds is 8. The average molecular weight is 317 g/mol. The topological polar surface area (TPSA) is 24.5 Å². The summed E-state index contributed by atoms with van der Waals surface area (Å²) in [4.78, 5) is 3.82. The summed E-state index contributed by atoms with van der Waals surface area (Å²) in [6, 6.07) is 4.05. The highest BCUT2D eigenvalue weighted by atomic mass is 35.5. The van der Waals surface area contributed by atoms with Crippen LogP contribution in [0.1, 0.15) is 31.1 Å². The number of hydrogen-bond donors (Lipinski definition) is 1. The molecule has 1 aliphatic heterocycles. The lowest BCUT2D eigenvalue weighted by Gasteiger charge is -2.32. The van der Waals surface area contributed by atoms with E-state index in [1.54, 1.807) is 11.3 Å². The van der Waals surface area contributed by atoms with Gasteiger partial charge in [0.15, 0.2) is 0 Å². The summed E-state index contributed by atoms with van der Waals surface area (Å²) >= 11 is 7.57. The second kappa shape index (κ2) is 9.00. The van der Waals surface area contributed by atoms with Gasteiger partial charge in [0.25, 0.3) is 0 Å². The van der Waals surface area contributed by atoms with Crippen molar-refractivity contribution in [2.24, 2.45) is 0 Å². The zero-order chi connectivity index (χ0) is 14.2. The van der Waals surface area contributed by atoms with Crippen molar-refractivity contribution >= 4 is 22.9 Å². The summed E-state index contributed by atoms with van der Waals surface area (Å²) in [5.41, 5.74) is 0. The number of ether oxygens (including phenoxy) is 1. The Balaban J connectivity index is 1.58. The third-order valence-electron chi connectivity index (χ3n) is 3.55. The molecule has 0 amide bonds. The van der Waals surface area contributed by atoms with Gasteiger partial charge in [-0.25, -0.2) is 0 Å². The van der Waals surface area contributed by atoms with Gasteiger partial charge in [-0.2, -0.15) is 0 Å². The Labute approximate surface area is 131 Å². The number of likely N-dealkylation sites (tertiary alicyclic amines) is 1. The molecule has 1 aromatic heterocycles. The van der Waals surface area contributed by atoms with Crippen LogP contribution in [-0.2, 0) is 11.3 Å². The molecule has 0 spiro atoms. The van der Waals surface area contributed by atoms with Gasteiger partial charge in [-0.3, -0.25) is 4.90 Å². The molecular weight excluding hydrogens is 292 g/mol. The van der Waals surface area contributed by atoms with Crippen molar-refractivity contribution in [3.8, 4) is 0 Å². The Morgan fingerprint density at radius 3 is 3.15 bits per heavy atom.